The highest BCUT2D eigenvalue weighted by Gasteiger charge is 2.11. The van der Waals surface area contributed by atoms with Gasteiger partial charge in [0.05, 0.1) is 19.0 Å². The highest BCUT2D eigenvalue weighted by molar-refractivity contribution is 5.76. The van der Waals surface area contributed by atoms with Gasteiger partial charge in [-0.3, -0.25) is 4.79 Å². The van der Waals surface area contributed by atoms with E-state index in [2.05, 4.69) is 15.3 Å². The Bertz CT molecular complexity index is 286. The highest BCUT2D eigenvalue weighted by atomic mass is 16.3. The van der Waals surface area contributed by atoms with Gasteiger partial charge in [0.15, 0.2) is 0 Å². The molecule has 1 heterocycles. The first kappa shape index (κ1) is 11.7. The van der Waals surface area contributed by atoms with E-state index in [4.69, 9.17) is 10.8 Å². The van der Waals surface area contributed by atoms with Gasteiger partial charge >= 0.3 is 0 Å². The Balaban J connectivity index is 2.39. The lowest BCUT2D eigenvalue weighted by atomic mass is 10.1. The van der Waals surface area contributed by atoms with Crippen LogP contribution in [-0.2, 0) is 11.2 Å². The third kappa shape index (κ3) is 4.09. The number of carbonyl (C=O) groups is 1. The second-order valence-electron chi connectivity index (χ2n) is 3.27. The average Bonchev–Trinajstić information content (AvgIpc) is 2.70. The molecule has 1 rings (SSSR count). The molecule has 0 aliphatic heterocycles. The van der Waals surface area contributed by atoms with Crippen molar-refractivity contribution in [2.45, 2.75) is 18.9 Å². The number of nitrogens with zero attached hydrogens (tertiary/aromatic N) is 1. The van der Waals surface area contributed by atoms with Gasteiger partial charge in [-0.15, -0.1) is 0 Å². The van der Waals surface area contributed by atoms with Crippen LogP contribution < -0.4 is 11.1 Å². The summed E-state index contributed by atoms with van der Waals surface area (Å²) >= 11 is 0. The van der Waals surface area contributed by atoms with Gasteiger partial charge < -0.3 is 21.1 Å². The summed E-state index contributed by atoms with van der Waals surface area (Å²) in [6.45, 7) is 0.212. The maximum Gasteiger partial charge on any atom is 0.221 e. The van der Waals surface area contributed by atoms with Gasteiger partial charge in [0, 0.05) is 31.3 Å². The van der Waals surface area contributed by atoms with Gasteiger partial charge in [0.25, 0.3) is 0 Å². The fourth-order valence-electron chi connectivity index (χ4n) is 1.25. The first-order valence-electron chi connectivity index (χ1n) is 4.83. The van der Waals surface area contributed by atoms with Gasteiger partial charge in [-0.2, -0.15) is 0 Å². The molecule has 6 heteroatoms. The van der Waals surface area contributed by atoms with Gasteiger partial charge in [0.1, 0.15) is 0 Å². The standard InChI is InChI=1S/C9H16N4O2/c10-2-1-9(15)13-8(5-14)3-7-4-11-6-12-7/h4,6,8,14H,1-3,5,10H2,(H,11,12)(H,13,15). The summed E-state index contributed by atoms with van der Waals surface area (Å²) in [6.07, 6.45) is 4.04. The lowest BCUT2D eigenvalue weighted by molar-refractivity contribution is -0.121. The van der Waals surface area contributed by atoms with Crippen molar-refractivity contribution in [3.8, 4) is 0 Å². The van der Waals surface area contributed by atoms with Gasteiger partial charge in [-0.05, 0) is 0 Å². The summed E-state index contributed by atoms with van der Waals surface area (Å²) in [4.78, 5) is 18.0. The van der Waals surface area contributed by atoms with Gasteiger partial charge in [-0.1, -0.05) is 0 Å². The van der Waals surface area contributed by atoms with Crippen LogP contribution in [0.5, 0.6) is 0 Å². The molecule has 0 aliphatic rings. The minimum absolute atomic E-state index is 0.102. The molecule has 0 aromatic carbocycles. The Morgan fingerprint density at radius 3 is 3.07 bits per heavy atom. The maximum absolute atomic E-state index is 11.2. The Kier molecular flexibility index (Phi) is 4.79. The normalized spacial score (nSPS) is 12.4. The fraction of sp³-hybridized carbons (Fsp3) is 0.556. The van der Waals surface area contributed by atoms with Crippen LogP contribution in [0.25, 0.3) is 0 Å². The van der Waals surface area contributed by atoms with Crippen molar-refractivity contribution in [3.63, 3.8) is 0 Å². The second kappa shape index (κ2) is 6.15. The summed E-state index contributed by atoms with van der Waals surface area (Å²) < 4.78 is 0. The molecule has 0 bridgehead atoms. The molecule has 0 saturated carbocycles. The van der Waals surface area contributed by atoms with E-state index in [0.29, 0.717) is 13.0 Å². The monoisotopic (exact) mass is 212 g/mol. The van der Waals surface area contributed by atoms with Crippen LogP contribution in [0.2, 0.25) is 0 Å². The van der Waals surface area contributed by atoms with E-state index in [0.717, 1.165) is 5.69 Å². The van der Waals surface area contributed by atoms with Crippen LogP contribution in [0.15, 0.2) is 12.5 Å². The molecule has 5 N–H and O–H groups in total. The smallest absolute Gasteiger partial charge is 0.221 e. The number of aromatic nitrogens is 2. The van der Waals surface area contributed by atoms with E-state index in [-0.39, 0.29) is 25.0 Å². The van der Waals surface area contributed by atoms with Crippen LogP contribution in [-0.4, -0.2) is 40.2 Å². The van der Waals surface area contributed by atoms with Crippen LogP contribution in [0.4, 0.5) is 0 Å². The minimum Gasteiger partial charge on any atom is -0.394 e. The zero-order chi connectivity index (χ0) is 11.1. The van der Waals surface area contributed by atoms with Crippen LogP contribution in [0, 0.1) is 0 Å². The summed E-state index contributed by atoms with van der Waals surface area (Å²) in [7, 11) is 0. The molecular weight excluding hydrogens is 196 g/mol. The van der Waals surface area contributed by atoms with Crippen LogP contribution >= 0.6 is 0 Å². The zero-order valence-corrected chi connectivity index (χ0v) is 8.44. The van der Waals surface area contributed by atoms with Crippen molar-refractivity contribution in [1.29, 1.82) is 0 Å². The Morgan fingerprint density at radius 1 is 1.73 bits per heavy atom. The van der Waals surface area contributed by atoms with Crippen LogP contribution in [0.1, 0.15) is 12.1 Å². The number of rotatable bonds is 6. The summed E-state index contributed by atoms with van der Waals surface area (Å²) in [5, 5.41) is 11.8. The molecule has 1 amide bonds. The molecule has 1 unspecified atom stereocenters. The van der Waals surface area contributed by atoms with Crippen molar-refractivity contribution in [2.75, 3.05) is 13.2 Å². The third-order valence-electron chi connectivity index (χ3n) is 1.98. The Hall–Kier alpha value is -1.40. The quantitative estimate of drug-likeness (QED) is 0.474. The average molecular weight is 212 g/mol. The number of aliphatic hydroxyl groups is 1. The Labute approximate surface area is 87.9 Å². The van der Waals surface area contributed by atoms with E-state index in [9.17, 15) is 4.79 Å². The number of aromatic amines is 1. The van der Waals surface area contributed by atoms with Crippen molar-refractivity contribution in [1.82, 2.24) is 15.3 Å². The zero-order valence-electron chi connectivity index (χ0n) is 8.44. The van der Waals surface area contributed by atoms with Crippen molar-refractivity contribution >= 4 is 5.91 Å². The molecule has 0 spiro atoms. The van der Waals surface area contributed by atoms with E-state index in [1.165, 1.54) is 0 Å². The molecule has 1 aromatic rings. The molecule has 1 aromatic heterocycles. The lowest BCUT2D eigenvalue weighted by Crippen LogP contribution is -2.39. The summed E-state index contributed by atoms with van der Waals surface area (Å²) in [6, 6.07) is -0.288. The fourth-order valence-corrected chi connectivity index (χ4v) is 1.25. The Morgan fingerprint density at radius 2 is 2.53 bits per heavy atom. The van der Waals surface area contributed by atoms with E-state index >= 15 is 0 Å². The SMILES string of the molecule is NCCC(=O)NC(CO)Cc1cnc[nH]1. The molecule has 6 nitrogen and oxygen atoms in total. The van der Waals surface area contributed by atoms with Crippen LogP contribution in [0.3, 0.4) is 0 Å². The number of imidazole rings is 1. The number of carbonyl (C=O) groups excluding carboxylic acids is 1. The number of amides is 1. The molecule has 0 aliphatic carbocycles. The van der Waals surface area contributed by atoms with E-state index in [1.807, 2.05) is 0 Å². The van der Waals surface area contributed by atoms with E-state index in [1.54, 1.807) is 12.5 Å². The summed E-state index contributed by atoms with van der Waals surface area (Å²) in [5.41, 5.74) is 6.12. The van der Waals surface area contributed by atoms with E-state index < -0.39 is 0 Å². The van der Waals surface area contributed by atoms with Crippen molar-refractivity contribution in [2.24, 2.45) is 5.73 Å². The minimum atomic E-state index is -0.288. The van der Waals surface area contributed by atoms with Crippen molar-refractivity contribution < 1.29 is 9.90 Å². The highest BCUT2D eigenvalue weighted by Crippen LogP contribution is 1.98. The number of aliphatic hydroxyl groups excluding tert-OH is 1. The number of hydrogen-bond acceptors (Lipinski definition) is 4. The third-order valence-corrected chi connectivity index (χ3v) is 1.98. The number of H-pyrrole nitrogens is 1. The topological polar surface area (TPSA) is 104 Å². The number of hydrogen-bond donors (Lipinski definition) is 4. The molecule has 0 radical (unpaired) electrons. The molecule has 0 saturated heterocycles. The van der Waals surface area contributed by atoms with Gasteiger partial charge in [-0.25, -0.2) is 4.98 Å². The first-order chi connectivity index (χ1) is 7.26. The largest absolute Gasteiger partial charge is 0.394 e. The molecule has 84 valence electrons. The predicted octanol–water partition coefficient (Wildman–Crippen LogP) is -1.22. The number of nitrogens with one attached hydrogen (secondary N) is 2. The predicted molar refractivity (Wildman–Crippen MR) is 55.0 cm³/mol. The molecule has 0 fully saturated rings. The second-order valence-corrected chi connectivity index (χ2v) is 3.27. The molecular formula is C9H16N4O2. The number of nitrogens with two attached hydrogens (primary N) is 1. The van der Waals surface area contributed by atoms with Crippen molar-refractivity contribution in [3.05, 3.63) is 18.2 Å². The lowest BCUT2D eigenvalue weighted by Gasteiger charge is -2.14. The first-order valence-corrected chi connectivity index (χ1v) is 4.83. The summed E-state index contributed by atoms with van der Waals surface area (Å²) in [5.74, 6) is -0.143. The molecule has 1 atom stereocenters. The maximum atomic E-state index is 11.2. The molecule has 15 heavy (non-hydrogen) atoms. The van der Waals surface area contributed by atoms with Gasteiger partial charge in [0.2, 0.25) is 5.91 Å².